The summed E-state index contributed by atoms with van der Waals surface area (Å²) in [5.74, 6) is -1.01. The van der Waals surface area contributed by atoms with Crippen molar-refractivity contribution in [3.05, 3.63) is 39.9 Å². The van der Waals surface area contributed by atoms with E-state index in [-0.39, 0.29) is 12.3 Å². The largest absolute Gasteiger partial charge is 0.494 e. The fraction of sp³-hybridized carbons (Fsp3) is 0.500. The van der Waals surface area contributed by atoms with Gasteiger partial charge in [0, 0.05) is 24.9 Å². The van der Waals surface area contributed by atoms with Gasteiger partial charge in [-0.1, -0.05) is 12.1 Å². The SMILES string of the molecule is CCOc1ccc(CN(C)C(=O)COC(=O)C2CC2[N+](=O)[O-])cc1. The number of nitrogens with zero attached hydrogens (tertiary/aromatic N) is 2. The normalized spacial score (nSPS) is 18.6. The Labute approximate surface area is 139 Å². The van der Waals surface area contributed by atoms with Crippen LogP contribution in [0.5, 0.6) is 5.75 Å². The van der Waals surface area contributed by atoms with E-state index in [1.165, 1.54) is 4.90 Å². The molecule has 8 heteroatoms. The van der Waals surface area contributed by atoms with Gasteiger partial charge in [0.15, 0.2) is 6.61 Å². The summed E-state index contributed by atoms with van der Waals surface area (Å²) >= 11 is 0. The van der Waals surface area contributed by atoms with Gasteiger partial charge in [-0.15, -0.1) is 0 Å². The molecule has 1 aromatic rings. The van der Waals surface area contributed by atoms with Crippen LogP contribution < -0.4 is 4.74 Å². The number of ether oxygens (including phenoxy) is 2. The molecular formula is C16H20N2O6. The molecule has 1 amide bonds. The maximum Gasteiger partial charge on any atom is 0.316 e. The number of hydrogen-bond acceptors (Lipinski definition) is 6. The number of amides is 1. The van der Waals surface area contributed by atoms with Gasteiger partial charge in [0.05, 0.1) is 6.61 Å². The van der Waals surface area contributed by atoms with Gasteiger partial charge in [-0.2, -0.15) is 0 Å². The minimum absolute atomic E-state index is 0.183. The molecule has 1 aliphatic rings. The fourth-order valence-corrected chi connectivity index (χ4v) is 2.24. The predicted molar refractivity (Wildman–Crippen MR) is 83.9 cm³/mol. The van der Waals surface area contributed by atoms with Crippen molar-refractivity contribution in [2.24, 2.45) is 5.92 Å². The fourth-order valence-electron chi connectivity index (χ4n) is 2.24. The van der Waals surface area contributed by atoms with E-state index in [9.17, 15) is 19.7 Å². The van der Waals surface area contributed by atoms with E-state index < -0.39 is 29.5 Å². The molecule has 1 fully saturated rings. The van der Waals surface area contributed by atoms with Gasteiger partial charge in [-0.3, -0.25) is 19.7 Å². The summed E-state index contributed by atoms with van der Waals surface area (Å²) < 4.78 is 10.2. The zero-order chi connectivity index (χ0) is 17.7. The van der Waals surface area contributed by atoms with E-state index in [0.717, 1.165) is 11.3 Å². The van der Waals surface area contributed by atoms with Gasteiger partial charge >= 0.3 is 5.97 Å². The number of esters is 1. The van der Waals surface area contributed by atoms with Crippen molar-refractivity contribution in [2.75, 3.05) is 20.3 Å². The van der Waals surface area contributed by atoms with Crippen molar-refractivity contribution in [3.63, 3.8) is 0 Å². The van der Waals surface area contributed by atoms with Gasteiger partial charge in [-0.25, -0.2) is 0 Å². The molecular weight excluding hydrogens is 316 g/mol. The van der Waals surface area contributed by atoms with Gasteiger partial charge < -0.3 is 14.4 Å². The quantitative estimate of drug-likeness (QED) is 0.402. The highest BCUT2D eigenvalue weighted by atomic mass is 16.6. The molecule has 2 rings (SSSR count). The van der Waals surface area contributed by atoms with E-state index in [1.807, 2.05) is 31.2 Å². The molecule has 0 saturated heterocycles. The number of rotatable bonds is 8. The molecule has 24 heavy (non-hydrogen) atoms. The summed E-state index contributed by atoms with van der Waals surface area (Å²) in [5.41, 5.74) is 0.913. The van der Waals surface area contributed by atoms with Gasteiger partial charge in [-0.05, 0) is 24.6 Å². The Balaban J connectivity index is 1.75. The first-order valence-electron chi connectivity index (χ1n) is 7.68. The van der Waals surface area contributed by atoms with E-state index in [0.29, 0.717) is 13.2 Å². The zero-order valence-corrected chi connectivity index (χ0v) is 13.6. The molecule has 0 radical (unpaired) electrons. The number of carbonyl (C=O) groups is 2. The lowest BCUT2D eigenvalue weighted by Gasteiger charge is -2.17. The van der Waals surface area contributed by atoms with E-state index in [2.05, 4.69) is 0 Å². The summed E-state index contributed by atoms with van der Waals surface area (Å²) in [7, 11) is 1.60. The minimum Gasteiger partial charge on any atom is -0.494 e. The van der Waals surface area contributed by atoms with Crippen LogP contribution in [0, 0.1) is 16.0 Å². The molecule has 0 aromatic heterocycles. The molecule has 0 bridgehead atoms. The Morgan fingerprint density at radius 2 is 2.00 bits per heavy atom. The van der Waals surface area contributed by atoms with Crippen LogP contribution in [-0.4, -0.2) is 48.0 Å². The summed E-state index contributed by atoms with van der Waals surface area (Å²) in [6.45, 7) is 2.44. The van der Waals surface area contributed by atoms with Crippen LogP contribution in [0.2, 0.25) is 0 Å². The first-order valence-corrected chi connectivity index (χ1v) is 7.68. The van der Waals surface area contributed by atoms with Gasteiger partial charge in [0.1, 0.15) is 11.7 Å². The lowest BCUT2D eigenvalue weighted by molar-refractivity contribution is -0.497. The van der Waals surface area contributed by atoms with Crippen LogP contribution in [0.4, 0.5) is 0 Å². The smallest absolute Gasteiger partial charge is 0.316 e. The zero-order valence-electron chi connectivity index (χ0n) is 13.6. The molecule has 8 nitrogen and oxygen atoms in total. The van der Waals surface area contributed by atoms with Crippen molar-refractivity contribution in [3.8, 4) is 5.75 Å². The topological polar surface area (TPSA) is 99.0 Å². The second-order valence-corrected chi connectivity index (χ2v) is 5.63. The molecule has 2 atom stereocenters. The Kier molecular flexibility index (Phi) is 5.73. The molecule has 0 aliphatic heterocycles. The minimum atomic E-state index is -0.866. The molecule has 130 valence electrons. The van der Waals surface area contributed by atoms with Crippen LogP contribution in [0.15, 0.2) is 24.3 Å². The number of nitro groups is 1. The molecule has 0 spiro atoms. The van der Waals surface area contributed by atoms with Crippen molar-refractivity contribution in [1.29, 1.82) is 0 Å². The molecule has 0 N–H and O–H groups in total. The third-order valence-electron chi connectivity index (χ3n) is 3.75. The summed E-state index contributed by atoms with van der Waals surface area (Å²) in [6, 6.07) is 6.48. The number of carbonyl (C=O) groups excluding carboxylic acids is 2. The van der Waals surface area contributed by atoms with E-state index in [4.69, 9.17) is 9.47 Å². The highest BCUT2D eigenvalue weighted by molar-refractivity contribution is 5.82. The lowest BCUT2D eigenvalue weighted by Crippen LogP contribution is -2.31. The third kappa shape index (κ3) is 4.68. The molecule has 0 heterocycles. The Hall–Kier alpha value is -2.64. The number of hydrogen-bond donors (Lipinski definition) is 0. The first kappa shape index (κ1) is 17.7. The summed E-state index contributed by atoms with van der Waals surface area (Å²) in [6.07, 6.45) is 0.183. The Morgan fingerprint density at radius 3 is 2.54 bits per heavy atom. The van der Waals surface area contributed by atoms with Crippen molar-refractivity contribution in [1.82, 2.24) is 4.90 Å². The predicted octanol–water partition coefficient (Wildman–Crippen LogP) is 1.25. The van der Waals surface area contributed by atoms with Crippen LogP contribution >= 0.6 is 0 Å². The first-order chi connectivity index (χ1) is 11.4. The van der Waals surface area contributed by atoms with E-state index in [1.54, 1.807) is 7.05 Å². The third-order valence-corrected chi connectivity index (χ3v) is 3.75. The lowest BCUT2D eigenvalue weighted by atomic mass is 10.2. The van der Waals surface area contributed by atoms with Gasteiger partial charge in [0.2, 0.25) is 6.04 Å². The second-order valence-electron chi connectivity index (χ2n) is 5.63. The number of benzene rings is 1. The van der Waals surface area contributed by atoms with E-state index >= 15 is 0 Å². The average Bonchev–Trinajstić information content (AvgIpc) is 3.35. The monoisotopic (exact) mass is 336 g/mol. The summed E-state index contributed by atoms with van der Waals surface area (Å²) in [5, 5.41) is 10.5. The Morgan fingerprint density at radius 1 is 1.33 bits per heavy atom. The Bertz CT molecular complexity index is 615. The number of likely N-dealkylation sites (N-methyl/N-ethyl adjacent to an activating group) is 1. The molecule has 2 unspecified atom stereocenters. The summed E-state index contributed by atoms with van der Waals surface area (Å²) in [4.78, 5) is 35.0. The van der Waals surface area contributed by atoms with Crippen molar-refractivity contribution < 1.29 is 24.0 Å². The molecule has 1 aliphatic carbocycles. The molecule has 1 saturated carbocycles. The molecule has 1 aromatic carbocycles. The standard InChI is InChI=1S/C16H20N2O6/c1-3-23-12-6-4-11(5-7-12)9-17(2)15(19)10-24-16(20)13-8-14(13)18(21)22/h4-7,13-14H,3,8-10H2,1-2H3. The second kappa shape index (κ2) is 7.76. The maximum atomic E-state index is 12.0. The van der Waals surface area contributed by atoms with Crippen LogP contribution in [0.3, 0.4) is 0 Å². The van der Waals surface area contributed by atoms with Gasteiger partial charge in [0.25, 0.3) is 5.91 Å². The van der Waals surface area contributed by atoms with Crippen LogP contribution in [0.25, 0.3) is 0 Å². The van der Waals surface area contributed by atoms with Crippen molar-refractivity contribution >= 4 is 11.9 Å². The highest BCUT2D eigenvalue weighted by Crippen LogP contribution is 2.34. The van der Waals surface area contributed by atoms with Crippen LogP contribution in [0.1, 0.15) is 18.9 Å². The maximum absolute atomic E-state index is 12.0. The van der Waals surface area contributed by atoms with Crippen LogP contribution in [-0.2, 0) is 20.9 Å². The highest BCUT2D eigenvalue weighted by Gasteiger charge is 2.54. The van der Waals surface area contributed by atoms with Crippen molar-refractivity contribution in [2.45, 2.75) is 25.9 Å². The average molecular weight is 336 g/mol.